The van der Waals surface area contributed by atoms with Crippen molar-refractivity contribution < 1.29 is 4.79 Å². The van der Waals surface area contributed by atoms with Crippen molar-refractivity contribution in [1.82, 2.24) is 4.90 Å². The van der Waals surface area contributed by atoms with Crippen molar-refractivity contribution in [3.8, 4) is 0 Å². The predicted octanol–water partition coefficient (Wildman–Crippen LogP) is 2.40. The van der Waals surface area contributed by atoms with Crippen LogP contribution in [0.5, 0.6) is 0 Å². The second kappa shape index (κ2) is 6.05. The van der Waals surface area contributed by atoms with Crippen molar-refractivity contribution in [2.24, 2.45) is 23.5 Å². The summed E-state index contributed by atoms with van der Waals surface area (Å²) in [6.45, 7) is 6.08. The molecular weight excluding hydrogens is 224 g/mol. The van der Waals surface area contributed by atoms with Gasteiger partial charge in [0.15, 0.2) is 0 Å². The third-order valence-electron chi connectivity index (χ3n) is 4.93. The lowest BCUT2D eigenvalue weighted by atomic mass is 9.77. The zero-order valence-electron chi connectivity index (χ0n) is 11.9. The molecule has 1 saturated heterocycles. The zero-order chi connectivity index (χ0) is 13.1. The smallest absolute Gasteiger partial charge is 0.226 e. The SMILES string of the molecule is CC1CCC(C)N(C(=O)C2CCCCC2CN)C1. The molecule has 1 aliphatic heterocycles. The van der Waals surface area contributed by atoms with E-state index < -0.39 is 0 Å². The van der Waals surface area contributed by atoms with E-state index in [1.54, 1.807) is 0 Å². The second-order valence-corrected chi connectivity index (χ2v) is 6.41. The Bertz CT molecular complexity index is 288. The van der Waals surface area contributed by atoms with Gasteiger partial charge in [-0.15, -0.1) is 0 Å². The zero-order valence-corrected chi connectivity index (χ0v) is 11.9. The molecule has 1 aliphatic carbocycles. The van der Waals surface area contributed by atoms with E-state index in [0.29, 0.717) is 30.3 Å². The highest BCUT2D eigenvalue weighted by Crippen LogP contribution is 2.33. The first-order valence-corrected chi connectivity index (χ1v) is 7.64. The van der Waals surface area contributed by atoms with Crippen LogP contribution in [-0.4, -0.2) is 29.9 Å². The van der Waals surface area contributed by atoms with Gasteiger partial charge in [0, 0.05) is 18.5 Å². The number of amides is 1. The van der Waals surface area contributed by atoms with Gasteiger partial charge in [-0.3, -0.25) is 4.79 Å². The van der Waals surface area contributed by atoms with E-state index in [9.17, 15) is 4.79 Å². The van der Waals surface area contributed by atoms with E-state index in [4.69, 9.17) is 5.73 Å². The number of rotatable bonds is 2. The lowest BCUT2D eigenvalue weighted by Gasteiger charge is -2.41. The lowest BCUT2D eigenvalue weighted by Crippen LogP contribution is -2.50. The molecule has 2 N–H and O–H groups in total. The number of piperidine rings is 1. The highest BCUT2D eigenvalue weighted by atomic mass is 16.2. The monoisotopic (exact) mass is 252 g/mol. The molecule has 2 fully saturated rings. The summed E-state index contributed by atoms with van der Waals surface area (Å²) in [5.74, 6) is 1.68. The van der Waals surface area contributed by atoms with E-state index in [1.807, 2.05) is 0 Å². The molecule has 1 amide bonds. The van der Waals surface area contributed by atoms with Gasteiger partial charge in [0.25, 0.3) is 0 Å². The predicted molar refractivity (Wildman–Crippen MR) is 74.1 cm³/mol. The molecule has 1 heterocycles. The van der Waals surface area contributed by atoms with Crippen LogP contribution >= 0.6 is 0 Å². The Balaban J connectivity index is 2.04. The molecule has 2 aliphatic rings. The summed E-state index contributed by atoms with van der Waals surface area (Å²) >= 11 is 0. The van der Waals surface area contributed by atoms with Crippen molar-refractivity contribution in [2.75, 3.05) is 13.1 Å². The summed E-state index contributed by atoms with van der Waals surface area (Å²) in [5, 5.41) is 0. The Morgan fingerprint density at radius 1 is 1.17 bits per heavy atom. The molecule has 2 rings (SSSR count). The summed E-state index contributed by atoms with van der Waals surface area (Å²) in [4.78, 5) is 14.9. The molecule has 104 valence electrons. The van der Waals surface area contributed by atoms with Gasteiger partial charge in [-0.05, 0) is 51.0 Å². The number of nitrogens with two attached hydrogens (primary N) is 1. The van der Waals surface area contributed by atoms with Crippen molar-refractivity contribution in [3.05, 3.63) is 0 Å². The number of likely N-dealkylation sites (tertiary alicyclic amines) is 1. The molecule has 18 heavy (non-hydrogen) atoms. The van der Waals surface area contributed by atoms with Crippen LogP contribution < -0.4 is 5.73 Å². The third-order valence-corrected chi connectivity index (χ3v) is 4.93. The van der Waals surface area contributed by atoms with Crippen LogP contribution in [0.3, 0.4) is 0 Å². The van der Waals surface area contributed by atoms with Crippen LogP contribution in [0.2, 0.25) is 0 Å². The largest absolute Gasteiger partial charge is 0.339 e. The summed E-state index contributed by atoms with van der Waals surface area (Å²) in [7, 11) is 0. The Hall–Kier alpha value is -0.570. The number of carbonyl (C=O) groups excluding carboxylic acids is 1. The summed E-state index contributed by atoms with van der Waals surface area (Å²) in [5.41, 5.74) is 5.85. The van der Waals surface area contributed by atoms with E-state index in [0.717, 1.165) is 25.8 Å². The fraction of sp³-hybridized carbons (Fsp3) is 0.933. The van der Waals surface area contributed by atoms with Gasteiger partial charge < -0.3 is 10.6 Å². The van der Waals surface area contributed by atoms with Crippen molar-refractivity contribution >= 4 is 5.91 Å². The van der Waals surface area contributed by atoms with Crippen molar-refractivity contribution in [3.63, 3.8) is 0 Å². The molecule has 0 aromatic carbocycles. The highest BCUT2D eigenvalue weighted by molar-refractivity contribution is 5.79. The molecular formula is C15H28N2O. The van der Waals surface area contributed by atoms with Gasteiger partial charge in [0.2, 0.25) is 5.91 Å². The number of carbonyl (C=O) groups is 1. The average molecular weight is 252 g/mol. The van der Waals surface area contributed by atoms with Gasteiger partial charge in [-0.25, -0.2) is 0 Å². The Morgan fingerprint density at radius 3 is 2.61 bits per heavy atom. The molecule has 0 aromatic heterocycles. The van der Waals surface area contributed by atoms with E-state index in [-0.39, 0.29) is 5.92 Å². The molecule has 0 aromatic rings. The topological polar surface area (TPSA) is 46.3 Å². The number of nitrogens with zero attached hydrogens (tertiary/aromatic N) is 1. The number of hydrogen-bond acceptors (Lipinski definition) is 2. The molecule has 4 atom stereocenters. The Labute approximate surface area is 111 Å². The first-order chi connectivity index (χ1) is 8.63. The molecule has 1 saturated carbocycles. The minimum Gasteiger partial charge on any atom is -0.339 e. The summed E-state index contributed by atoms with van der Waals surface area (Å²) in [6.07, 6.45) is 7.06. The van der Waals surface area contributed by atoms with Crippen LogP contribution in [0, 0.1) is 17.8 Å². The number of hydrogen-bond donors (Lipinski definition) is 1. The normalized spacial score (nSPS) is 37.6. The molecule has 0 radical (unpaired) electrons. The Morgan fingerprint density at radius 2 is 1.89 bits per heavy atom. The van der Waals surface area contributed by atoms with E-state index >= 15 is 0 Å². The maximum Gasteiger partial charge on any atom is 0.226 e. The second-order valence-electron chi connectivity index (χ2n) is 6.41. The summed E-state index contributed by atoms with van der Waals surface area (Å²) < 4.78 is 0. The van der Waals surface area contributed by atoms with Crippen molar-refractivity contribution in [1.29, 1.82) is 0 Å². The third kappa shape index (κ3) is 2.87. The van der Waals surface area contributed by atoms with E-state index in [2.05, 4.69) is 18.7 Å². The standard InChI is InChI=1S/C15H28N2O/c1-11-7-8-12(2)17(10-11)15(18)14-6-4-3-5-13(14)9-16/h11-14H,3-10,16H2,1-2H3. The highest BCUT2D eigenvalue weighted by Gasteiger charge is 2.36. The van der Waals surface area contributed by atoms with Crippen LogP contribution in [0.15, 0.2) is 0 Å². The van der Waals surface area contributed by atoms with Gasteiger partial charge in [0.1, 0.15) is 0 Å². The maximum atomic E-state index is 12.7. The van der Waals surface area contributed by atoms with Crippen molar-refractivity contribution in [2.45, 2.75) is 58.4 Å². The average Bonchev–Trinajstić information content (AvgIpc) is 2.40. The quantitative estimate of drug-likeness (QED) is 0.820. The molecule has 0 spiro atoms. The molecule has 3 heteroatoms. The van der Waals surface area contributed by atoms with Crippen LogP contribution in [0.4, 0.5) is 0 Å². The molecule has 4 unspecified atom stereocenters. The lowest BCUT2D eigenvalue weighted by molar-refractivity contribution is -0.142. The van der Waals surface area contributed by atoms with Gasteiger partial charge in [-0.2, -0.15) is 0 Å². The van der Waals surface area contributed by atoms with Gasteiger partial charge >= 0.3 is 0 Å². The van der Waals surface area contributed by atoms with Gasteiger partial charge in [-0.1, -0.05) is 19.8 Å². The van der Waals surface area contributed by atoms with Gasteiger partial charge in [0.05, 0.1) is 0 Å². The van der Waals surface area contributed by atoms with Crippen LogP contribution in [-0.2, 0) is 4.79 Å². The first kappa shape index (κ1) is 13.9. The first-order valence-electron chi connectivity index (χ1n) is 7.64. The minimum absolute atomic E-state index is 0.205. The maximum absolute atomic E-state index is 12.7. The minimum atomic E-state index is 0.205. The Kier molecular flexibility index (Phi) is 4.66. The molecule has 3 nitrogen and oxygen atoms in total. The van der Waals surface area contributed by atoms with E-state index in [1.165, 1.54) is 19.3 Å². The fourth-order valence-electron chi connectivity index (χ4n) is 3.62. The summed E-state index contributed by atoms with van der Waals surface area (Å²) in [6, 6.07) is 0.425. The van der Waals surface area contributed by atoms with Crippen LogP contribution in [0.1, 0.15) is 52.4 Å². The fourth-order valence-corrected chi connectivity index (χ4v) is 3.62. The van der Waals surface area contributed by atoms with Crippen LogP contribution in [0.25, 0.3) is 0 Å². The molecule has 0 bridgehead atoms.